The summed E-state index contributed by atoms with van der Waals surface area (Å²) in [6.45, 7) is 2.02. The van der Waals surface area contributed by atoms with E-state index >= 15 is 0 Å². The highest BCUT2D eigenvalue weighted by atomic mass is 16.3. The molecule has 3 nitrogen and oxygen atoms in total. The second-order valence-electron chi connectivity index (χ2n) is 5.46. The number of rotatable bonds is 4. The summed E-state index contributed by atoms with van der Waals surface area (Å²) in [6.07, 6.45) is 3.77. The van der Waals surface area contributed by atoms with Crippen molar-refractivity contribution in [1.29, 1.82) is 0 Å². The quantitative estimate of drug-likeness (QED) is 0.762. The van der Waals surface area contributed by atoms with Gasteiger partial charge in [-0.25, -0.2) is 0 Å². The lowest BCUT2D eigenvalue weighted by Gasteiger charge is -2.38. The molecule has 0 heterocycles. The van der Waals surface area contributed by atoms with Crippen molar-refractivity contribution in [2.45, 2.75) is 50.3 Å². The van der Waals surface area contributed by atoms with E-state index in [4.69, 9.17) is 0 Å². The maximum absolute atomic E-state index is 10.0. The molecule has 1 fully saturated rings. The standard InChI is InChI=1S/C15H23NO2/c1-15(11-17,12-7-3-2-4-8-12)16-13-9-5-6-10-14(13)18/h2-4,7-8,13-14,16-18H,5-6,9-11H2,1H3/t13-,14-,15?/m0/s1. The number of benzene rings is 1. The molecule has 3 heteroatoms. The first-order chi connectivity index (χ1) is 8.65. The molecule has 3 N–H and O–H groups in total. The number of aliphatic hydroxyl groups is 2. The SMILES string of the molecule is CC(CO)(N[C@H]1CCCC[C@@H]1O)c1ccccc1. The smallest absolute Gasteiger partial charge is 0.0693 e. The van der Waals surface area contributed by atoms with Gasteiger partial charge in [-0.3, -0.25) is 0 Å². The summed E-state index contributed by atoms with van der Waals surface area (Å²) in [5.74, 6) is 0. The molecule has 1 aliphatic rings. The number of nitrogens with one attached hydrogen (secondary N) is 1. The Morgan fingerprint density at radius 2 is 1.89 bits per heavy atom. The van der Waals surface area contributed by atoms with Crippen LogP contribution in [0.5, 0.6) is 0 Å². The average Bonchev–Trinajstić information content (AvgIpc) is 2.42. The van der Waals surface area contributed by atoms with E-state index in [1.807, 2.05) is 37.3 Å². The van der Waals surface area contributed by atoms with Crippen LogP contribution in [-0.4, -0.2) is 29.0 Å². The van der Waals surface area contributed by atoms with Gasteiger partial charge in [-0.2, -0.15) is 0 Å². The van der Waals surface area contributed by atoms with E-state index in [-0.39, 0.29) is 18.8 Å². The molecule has 0 amide bonds. The number of aliphatic hydroxyl groups excluding tert-OH is 2. The van der Waals surface area contributed by atoms with Gasteiger partial charge in [-0.15, -0.1) is 0 Å². The van der Waals surface area contributed by atoms with Crippen molar-refractivity contribution in [3.05, 3.63) is 35.9 Å². The van der Waals surface area contributed by atoms with Gasteiger partial charge in [0.1, 0.15) is 0 Å². The van der Waals surface area contributed by atoms with E-state index in [0.29, 0.717) is 0 Å². The maximum Gasteiger partial charge on any atom is 0.0693 e. The van der Waals surface area contributed by atoms with E-state index in [0.717, 1.165) is 31.2 Å². The second kappa shape index (κ2) is 5.83. The summed E-state index contributed by atoms with van der Waals surface area (Å²) < 4.78 is 0. The van der Waals surface area contributed by atoms with Crippen molar-refractivity contribution in [2.24, 2.45) is 0 Å². The first-order valence-corrected chi connectivity index (χ1v) is 6.78. The normalized spacial score (nSPS) is 27.7. The van der Waals surface area contributed by atoms with E-state index in [1.165, 1.54) is 0 Å². The van der Waals surface area contributed by atoms with Crippen molar-refractivity contribution in [1.82, 2.24) is 5.32 Å². The van der Waals surface area contributed by atoms with Gasteiger partial charge in [0, 0.05) is 6.04 Å². The topological polar surface area (TPSA) is 52.5 Å². The Labute approximate surface area is 109 Å². The average molecular weight is 249 g/mol. The molecule has 100 valence electrons. The number of hydrogen-bond acceptors (Lipinski definition) is 3. The summed E-state index contributed by atoms with van der Waals surface area (Å²) >= 11 is 0. The Kier molecular flexibility index (Phi) is 4.38. The molecular weight excluding hydrogens is 226 g/mol. The Bertz CT molecular complexity index is 368. The van der Waals surface area contributed by atoms with Crippen LogP contribution in [0.1, 0.15) is 38.2 Å². The van der Waals surface area contributed by atoms with Crippen LogP contribution in [0.3, 0.4) is 0 Å². The van der Waals surface area contributed by atoms with Gasteiger partial charge < -0.3 is 15.5 Å². The largest absolute Gasteiger partial charge is 0.394 e. The molecule has 0 aliphatic heterocycles. The Morgan fingerprint density at radius 1 is 1.22 bits per heavy atom. The van der Waals surface area contributed by atoms with Crippen LogP contribution < -0.4 is 5.32 Å². The van der Waals surface area contributed by atoms with Crippen LogP contribution in [0.2, 0.25) is 0 Å². The van der Waals surface area contributed by atoms with Crippen molar-refractivity contribution >= 4 is 0 Å². The van der Waals surface area contributed by atoms with Crippen LogP contribution >= 0.6 is 0 Å². The summed E-state index contributed by atoms with van der Waals surface area (Å²) in [4.78, 5) is 0. The van der Waals surface area contributed by atoms with E-state index in [2.05, 4.69) is 5.32 Å². The second-order valence-corrected chi connectivity index (χ2v) is 5.46. The first-order valence-electron chi connectivity index (χ1n) is 6.78. The van der Waals surface area contributed by atoms with E-state index in [9.17, 15) is 10.2 Å². The molecule has 1 saturated carbocycles. The molecular formula is C15H23NO2. The fourth-order valence-corrected chi connectivity index (χ4v) is 2.72. The van der Waals surface area contributed by atoms with Crippen molar-refractivity contribution in [2.75, 3.05) is 6.61 Å². The van der Waals surface area contributed by atoms with Crippen molar-refractivity contribution in [3.8, 4) is 0 Å². The molecule has 0 radical (unpaired) electrons. The molecule has 18 heavy (non-hydrogen) atoms. The van der Waals surface area contributed by atoms with Gasteiger partial charge in [-0.05, 0) is 25.3 Å². The van der Waals surface area contributed by atoms with Gasteiger partial charge in [0.15, 0.2) is 0 Å². The van der Waals surface area contributed by atoms with Crippen LogP contribution in [0, 0.1) is 0 Å². The summed E-state index contributed by atoms with van der Waals surface area (Å²) in [5.41, 5.74) is 0.579. The van der Waals surface area contributed by atoms with E-state index in [1.54, 1.807) is 0 Å². The summed E-state index contributed by atoms with van der Waals surface area (Å²) in [5, 5.41) is 23.2. The van der Waals surface area contributed by atoms with Gasteiger partial charge in [0.2, 0.25) is 0 Å². The minimum atomic E-state index is -0.482. The molecule has 1 aliphatic carbocycles. The third-order valence-electron chi connectivity index (χ3n) is 3.96. The molecule has 2 rings (SSSR count). The summed E-state index contributed by atoms with van der Waals surface area (Å²) in [6, 6.07) is 10.0. The van der Waals surface area contributed by atoms with Crippen molar-refractivity contribution < 1.29 is 10.2 Å². The molecule has 3 atom stereocenters. The fraction of sp³-hybridized carbons (Fsp3) is 0.600. The monoisotopic (exact) mass is 249 g/mol. The lowest BCUT2D eigenvalue weighted by Crippen LogP contribution is -2.53. The lowest BCUT2D eigenvalue weighted by molar-refractivity contribution is 0.0585. The van der Waals surface area contributed by atoms with Gasteiger partial charge >= 0.3 is 0 Å². The lowest BCUT2D eigenvalue weighted by atomic mass is 9.87. The van der Waals surface area contributed by atoms with Gasteiger partial charge in [0.05, 0.1) is 18.2 Å². The molecule has 1 aromatic rings. The van der Waals surface area contributed by atoms with Gasteiger partial charge in [-0.1, -0.05) is 43.2 Å². The third kappa shape index (κ3) is 2.91. The fourth-order valence-electron chi connectivity index (χ4n) is 2.72. The maximum atomic E-state index is 10.0. The zero-order valence-corrected chi connectivity index (χ0v) is 11.0. The minimum Gasteiger partial charge on any atom is -0.394 e. The Morgan fingerprint density at radius 3 is 2.50 bits per heavy atom. The third-order valence-corrected chi connectivity index (χ3v) is 3.96. The van der Waals surface area contributed by atoms with Crippen LogP contribution in [-0.2, 0) is 5.54 Å². The Hall–Kier alpha value is -0.900. The highest BCUT2D eigenvalue weighted by molar-refractivity contribution is 5.24. The summed E-state index contributed by atoms with van der Waals surface area (Å²) in [7, 11) is 0. The van der Waals surface area contributed by atoms with Crippen LogP contribution in [0.15, 0.2) is 30.3 Å². The van der Waals surface area contributed by atoms with Crippen molar-refractivity contribution in [3.63, 3.8) is 0 Å². The molecule has 1 unspecified atom stereocenters. The molecule has 1 aromatic carbocycles. The molecule has 0 aromatic heterocycles. The number of hydrogen-bond donors (Lipinski definition) is 3. The highest BCUT2D eigenvalue weighted by Crippen LogP contribution is 2.25. The molecule has 0 spiro atoms. The molecule has 0 saturated heterocycles. The zero-order valence-electron chi connectivity index (χ0n) is 11.0. The molecule has 0 bridgehead atoms. The van der Waals surface area contributed by atoms with Gasteiger partial charge in [0.25, 0.3) is 0 Å². The predicted octanol–water partition coefficient (Wildman–Crippen LogP) is 1.79. The highest BCUT2D eigenvalue weighted by Gasteiger charge is 2.32. The zero-order chi connectivity index (χ0) is 13.0. The van der Waals surface area contributed by atoms with E-state index < -0.39 is 5.54 Å². The van der Waals surface area contributed by atoms with Crippen LogP contribution in [0.25, 0.3) is 0 Å². The first kappa shape index (κ1) is 13.5. The Balaban J connectivity index is 2.12. The van der Waals surface area contributed by atoms with Crippen LogP contribution in [0.4, 0.5) is 0 Å². The predicted molar refractivity (Wildman–Crippen MR) is 72.3 cm³/mol. The minimum absolute atomic E-state index is 0.0280.